The molecule has 0 bridgehead atoms. The fourth-order valence-electron chi connectivity index (χ4n) is 2.36. The zero-order valence-corrected chi connectivity index (χ0v) is 13.9. The van der Waals surface area contributed by atoms with Crippen molar-refractivity contribution in [3.05, 3.63) is 60.4 Å². The molecule has 0 fully saturated rings. The third-order valence-electron chi connectivity index (χ3n) is 3.63. The topological polar surface area (TPSA) is 41.6 Å². The molecule has 2 aromatic carbocycles. The molecule has 0 aromatic heterocycles. The molecule has 2 aromatic rings. The summed E-state index contributed by atoms with van der Waals surface area (Å²) in [5.74, 6) is -0.623. The molecule has 1 N–H and O–H groups in total. The minimum atomic E-state index is -0.466. The fourth-order valence-corrected chi connectivity index (χ4v) is 2.36. The lowest BCUT2D eigenvalue weighted by atomic mass is 10.2. The summed E-state index contributed by atoms with van der Waals surface area (Å²) in [5.41, 5.74) is 1.18. The summed E-state index contributed by atoms with van der Waals surface area (Å²) >= 11 is 0. The summed E-state index contributed by atoms with van der Waals surface area (Å²) in [7, 11) is 0. The molecule has 0 atom stereocenters. The van der Waals surface area contributed by atoms with Crippen molar-refractivity contribution in [2.45, 2.75) is 13.3 Å². The first kappa shape index (κ1) is 17.8. The van der Waals surface area contributed by atoms with Crippen LogP contribution in [0.4, 0.5) is 10.1 Å². The van der Waals surface area contributed by atoms with Crippen molar-refractivity contribution in [3.8, 4) is 5.75 Å². The Bertz CT molecular complexity index is 634. The van der Waals surface area contributed by atoms with Gasteiger partial charge in [-0.25, -0.2) is 4.39 Å². The van der Waals surface area contributed by atoms with E-state index in [2.05, 4.69) is 29.3 Å². The predicted molar refractivity (Wildman–Crippen MR) is 93.9 cm³/mol. The first-order valence-corrected chi connectivity index (χ1v) is 8.14. The van der Waals surface area contributed by atoms with Crippen LogP contribution in [-0.2, 0) is 4.79 Å². The van der Waals surface area contributed by atoms with Crippen molar-refractivity contribution >= 4 is 11.6 Å². The van der Waals surface area contributed by atoms with E-state index in [9.17, 15) is 9.18 Å². The van der Waals surface area contributed by atoms with Gasteiger partial charge in [0.15, 0.2) is 18.2 Å². The number of amides is 1. The van der Waals surface area contributed by atoms with Crippen LogP contribution in [0.2, 0.25) is 0 Å². The van der Waals surface area contributed by atoms with Crippen molar-refractivity contribution in [2.24, 2.45) is 0 Å². The first-order valence-electron chi connectivity index (χ1n) is 8.14. The SMILES string of the molecule is CCN(CCCNC(=O)COc1ccccc1F)c1ccccc1. The number of ether oxygens (including phenoxy) is 1. The Morgan fingerprint density at radius 2 is 1.83 bits per heavy atom. The zero-order chi connectivity index (χ0) is 17.2. The van der Waals surface area contributed by atoms with E-state index < -0.39 is 5.82 Å². The first-order chi connectivity index (χ1) is 11.7. The van der Waals surface area contributed by atoms with Gasteiger partial charge in [-0.1, -0.05) is 30.3 Å². The lowest BCUT2D eigenvalue weighted by Gasteiger charge is -2.23. The van der Waals surface area contributed by atoms with Gasteiger partial charge in [-0.2, -0.15) is 0 Å². The molecular formula is C19H23FN2O2. The highest BCUT2D eigenvalue weighted by Crippen LogP contribution is 2.15. The van der Waals surface area contributed by atoms with Gasteiger partial charge in [-0.15, -0.1) is 0 Å². The number of para-hydroxylation sites is 2. The molecule has 0 saturated heterocycles. The van der Waals surface area contributed by atoms with Crippen molar-refractivity contribution in [2.75, 3.05) is 31.1 Å². The van der Waals surface area contributed by atoms with Gasteiger partial charge in [0.1, 0.15) is 0 Å². The van der Waals surface area contributed by atoms with Crippen LogP contribution in [0.1, 0.15) is 13.3 Å². The Balaban J connectivity index is 1.66. The average Bonchev–Trinajstić information content (AvgIpc) is 2.62. The Kier molecular flexibility index (Phi) is 7.08. The van der Waals surface area contributed by atoms with Crippen molar-refractivity contribution < 1.29 is 13.9 Å². The number of hydrogen-bond acceptors (Lipinski definition) is 3. The number of carbonyl (C=O) groups is 1. The van der Waals surface area contributed by atoms with Gasteiger partial charge in [0.25, 0.3) is 5.91 Å². The van der Waals surface area contributed by atoms with Crippen LogP contribution in [-0.4, -0.2) is 32.1 Å². The highest BCUT2D eigenvalue weighted by atomic mass is 19.1. The minimum Gasteiger partial charge on any atom is -0.481 e. The molecule has 0 spiro atoms. The summed E-state index contributed by atoms with van der Waals surface area (Å²) in [6.07, 6.45) is 0.828. The quantitative estimate of drug-likeness (QED) is 0.718. The Morgan fingerprint density at radius 1 is 1.12 bits per heavy atom. The minimum absolute atomic E-state index is 0.0916. The summed E-state index contributed by atoms with van der Waals surface area (Å²) in [4.78, 5) is 14.0. The lowest BCUT2D eigenvalue weighted by Crippen LogP contribution is -2.32. The number of halogens is 1. The van der Waals surface area contributed by atoms with Crippen LogP contribution < -0.4 is 15.0 Å². The van der Waals surface area contributed by atoms with E-state index in [0.717, 1.165) is 19.5 Å². The van der Waals surface area contributed by atoms with Gasteiger partial charge in [0.05, 0.1) is 0 Å². The second kappa shape index (κ2) is 9.55. The molecule has 0 aliphatic rings. The second-order valence-electron chi connectivity index (χ2n) is 5.34. The third kappa shape index (κ3) is 5.57. The highest BCUT2D eigenvalue weighted by molar-refractivity contribution is 5.77. The van der Waals surface area contributed by atoms with E-state index in [1.165, 1.54) is 17.8 Å². The standard InChI is InChI=1S/C19H23FN2O2/c1-2-22(16-9-4-3-5-10-16)14-8-13-21-19(23)15-24-18-12-7-6-11-17(18)20/h3-7,9-12H,2,8,13-15H2,1H3,(H,21,23). The Labute approximate surface area is 142 Å². The Morgan fingerprint density at radius 3 is 2.54 bits per heavy atom. The average molecular weight is 330 g/mol. The molecule has 24 heavy (non-hydrogen) atoms. The van der Waals surface area contributed by atoms with E-state index in [1.807, 2.05) is 18.2 Å². The number of nitrogens with one attached hydrogen (secondary N) is 1. The van der Waals surface area contributed by atoms with Gasteiger partial charge in [0, 0.05) is 25.3 Å². The van der Waals surface area contributed by atoms with E-state index in [4.69, 9.17) is 4.74 Å². The van der Waals surface area contributed by atoms with E-state index in [1.54, 1.807) is 12.1 Å². The van der Waals surface area contributed by atoms with Crippen LogP contribution in [0, 0.1) is 5.82 Å². The zero-order valence-electron chi connectivity index (χ0n) is 13.9. The fraction of sp³-hybridized carbons (Fsp3) is 0.316. The predicted octanol–water partition coefficient (Wildman–Crippen LogP) is 3.24. The number of carbonyl (C=O) groups excluding carboxylic acids is 1. The van der Waals surface area contributed by atoms with Crippen molar-refractivity contribution in [1.82, 2.24) is 5.32 Å². The maximum atomic E-state index is 13.4. The van der Waals surface area contributed by atoms with Crippen molar-refractivity contribution in [1.29, 1.82) is 0 Å². The molecule has 0 aliphatic heterocycles. The molecular weight excluding hydrogens is 307 g/mol. The maximum Gasteiger partial charge on any atom is 0.257 e. The normalized spacial score (nSPS) is 10.2. The smallest absolute Gasteiger partial charge is 0.257 e. The molecule has 5 heteroatoms. The summed E-state index contributed by atoms with van der Waals surface area (Å²) in [6, 6.07) is 16.2. The van der Waals surface area contributed by atoms with Gasteiger partial charge in [-0.05, 0) is 37.6 Å². The number of benzene rings is 2. The Hall–Kier alpha value is -2.56. The van der Waals surface area contributed by atoms with Gasteiger partial charge < -0.3 is 15.0 Å². The molecule has 0 heterocycles. The highest BCUT2D eigenvalue weighted by Gasteiger charge is 2.07. The third-order valence-corrected chi connectivity index (χ3v) is 3.63. The molecule has 1 amide bonds. The molecule has 0 saturated carbocycles. The van der Waals surface area contributed by atoms with Gasteiger partial charge in [-0.3, -0.25) is 4.79 Å². The molecule has 0 aliphatic carbocycles. The van der Waals surface area contributed by atoms with Gasteiger partial charge in [0.2, 0.25) is 0 Å². The summed E-state index contributed by atoms with van der Waals surface area (Å²) in [5, 5.41) is 2.79. The van der Waals surface area contributed by atoms with E-state index >= 15 is 0 Å². The molecule has 0 unspecified atom stereocenters. The largest absolute Gasteiger partial charge is 0.481 e. The van der Waals surface area contributed by atoms with E-state index in [0.29, 0.717) is 6.54 Å². The van der Waals surface area contributed by atoms with Crippen molar-refractivity contribution in [3.63, 3.8) is 0 Å². The maximum absolute atomic E-state index is 13.4. The number of hydrogen-bond donors (Lipinski definition) is 1. The number of nitrogens with zero attached hydrogens (tertiary/aromatic N) is 1. The molecule has 128 valence electrons. The van der Waals surface area contributed by atoms with Crippen LogP contribution in [0.5, 0.6) is 5.75 Å². The molecule has 4 nitrogen and oxygen atoms in total. The summed E-state index contributed by atoms with van der Waals surface area (Å²) in [6.45, 7) is 4.25. The number of anilines is 1. The van der Waals surface area contributed by atoms with Gasteiger partial charge >= 0.3 is 0 Å². The second-order valence-corrected chi connectivity index (χ2v) is 5.34. The lowest BCUT2D eigenvalue weighted by molar-refractivity contribution is -0.123. The van der Waals surface area contributed by atoms with Crippen LogP contribution in [0.15, 0.2) is 54.6 Å². The van der Waals surface area contributed by atoms with Crippen LogP contribution >= 0.6 is 0 Å². The van der Waals surface area contributed by atoms with Crippen LogP contribution in [0.25, 0.3) is 0 Å². The van der Waals surface area contributed by atoms with E-state index in [-0.39, 0.29) is 18.3 Å². The van der Waals surface area contributed by atoms with Crippen LogP contribution in [0.3, 0.4) is 0 Å². The monoisotopic (exact) mass is 330 g/mol. The summed E-state index contributed by atoms with van der Waals surface area (Å²) < 4.78 is 18.5. The molecule has 0 radical (unpaired) electrons. The molecule has 2 rings (SSSR count). The number of rotatable bonds is 9.